The second-order valence-corrected chi connectivity index (χ2v) is 7.27. The van der Waals surface area contributed by atoms with Crippen LogP contribution in [0.15, 0.2) is 40.3 Å². The molecule has 4 nitrogen and oxygen atoms in total. The molecule has 2 saturated heterocycles. The van der Waals surface area contributed by atoms with Crippen LogP contribution in [0.2, 0.25) is 0 Å². The molecule has 6 heteroatoms. The number of benzene rings is 1. The van der Waals surface area contributed by atoms with Crippen molar-refractivity contribution in [2.24, 2.45) is 9.98 Å². The number of amidine groups is 2. The number of rotatable bonds is 3. The normalized spacial score (nSPS) is 24.3. The van der Waals surface area contributed by atoms with Crippen LogP contribution in [0, 0.1) is 0 Å². The summed E-state index contributed by atoms with van der Waals surface area (Å²) in [6.07, 6.45) is -0.141. The molecule has 0 radical (unpaired) electrons. The molecule has 2 heterocycles. The zero-order valence-corrected chi connectivity index (χ0v) is 14.0. The van der Waals surface area contributed by atoms with E-state index in [0.717, 1.165) is 40.5 Å². The smallest absolute Gasteiger partial charge is 0.170 e. The van der Waals surface area contributed by atoms with E-state index in [1.807, 2.05) is 29.6 Å². The fraction of sp³-hybridized carbons (Fsp3) is 0.467. The van der Waals surface area contributed by atoms with E-state index in [1.165, 1.54) is 0 Å². The standard InChI is InChI=1S/C15H20N4S2/c1-18-8-10-20-14(18)16-13(12-6-4-3-5-7-12)17-15-19(2)9-11-21-15/h3-7,13H,8-11H2,1-2H3. The highest BCUT2D eigenvalue weighted by molar-refractivity contribution is 8.14. The molecule has 2 aliphatic heterocycles. The number of hydrogen-bond donors (Lipinski definition) is 0. The van der Waals surface area contributed by atoms with E-state index in [2.05, 4.69) is 48.2 Å². The third kappa shape index (κ3) is 3.55. The number of nitrogens with zero attached hydrogens (tertiary/aromatic N) is 4. The van der Waals surface area contributed by atoms with Gasteiger partial charge in [0, 0.05) is 38.7 Å². The molecule has 0 aromatic heterocycles. The Balaban J connectivity index is 1.92. The fourth-order valence-corrected chi connectivity index (χ4v) is 4.31. The van der Waals surface area contributed by atoms with Gasteiger partial charge in [0.1, 0.15) is 0 Å². The summed E-state index contributed by atoms with van der Waals surface area (Å²) in [5.41, 5.74) is 1.15. The Hall–Kier alpha value is -1.14. The first-order valence-corrected chi connectivity index (χ1v) is 9.09. The van der Waals surface area contributed by atoms with Gasteiger partial charge in [-0.2, -0.15) is 0 Å². The number of hydrogen-bond acceptors (Lipinski definition) is 4. The van der Waals surface area contributed by atoms with E-state index in [1.54, 1.807) is 0 Å². The predicted octanol–water partition coefficient (Wildman–Crippen LogP) is 2.75. The van der Waals surface area contributed by atoms with Crippen molar-refractivity contribution in [1.29, 1.82) is 0 Å². The topological polar surface area (TPSA) is 31.2 Å². The molecule has 0 N–H and O–H groups in total. The summed E-state index contributed by atoms with van der Waals surface area (Å²) in [4.78, 5) is 14.2. The second kappa shape index (κ2) is 6.75. The van der Waals surface area contributed by atoms with Gasteiger partial charge in [-0.05, 0) is 5.56 Å². The Labute approximate surface area is 134 Å². The number of aliphatic imine (C=N–C) groups is 2. The molecule has 0 bridgehead atoms. The lowest BCUT2D eigenvalue weighted by atomic mass is 10.2. The molecule has 2 fully saturated rings. The first-order chi connectivity index (χ1) is 10.2. The van der Waals surface area contributed by atoms with Crippen LogP contribution in [-0.2, 0) is 0 Å². The predicted molar refractivity (Wildman–Crippen MR) is 94.2 cm³/mol. The maximum absolute atomic E-state index is 4.90. The Morgan fingerprint density at radius 2 is 1.43 bits per heavy atom. The largest absolute Gasteiger partial charge is 0.354 e. The van der Waals surface area contributed by atoms with Gasteiger partial charge in [-0.15, -0.1) is 0 Å². The third-order valence-electron chi connectivity index (χ3n) is 3.53. The maximum atomic E-state index is 4.90. The van der Waals surface area contributed by atoms with Crippen molar-refractivity contribution in [2.45, 2.75) is 6.17 Å². The van der Waals surface area contributed by atoms with Crippen molar-refractivity contribution in [2.75, 3.05) is 38.7 Å². The lowest BCUT2D eigenvalue weighted by Crippen LogP contribution is -2.21. The molecule has 0 unspecified atom stereocenters. The molecule has 3 rings (SSSR count). The first-order valence-electron chi connectivity index (χ1n) is 7.12. The van der Waals surface area contributed by atoms with E-state index in [0.29, 0.717) is 0 Å². The van der Waals surface area contributed by atoms with Crippen molar-refractivity contribution < 1.29 is 0 Å². The summed E-state index contributed by atoms with van der Waals surface area (Å²) in [7, 11) is 4.20. The van der Waals surface area contributed by atoms with Gasteiger partial charge in [0.25, 0.3) is 0 Å². The van der Waals surface area contributed by atoms with Gasteiger partial charge in [0.2, 0.25) is 0 Å². The molecule has 1 aromatic carbocycles. The van der Waals surface area contributed by atoms with Gasteiger partial charge < -0.3 is 9.80 Å². The van der Waals surface area contributed by atoms with Crippen molar-refractivity contribution in [1.82, 2.24) is 9.80 Å². The van der Waals surface area contributed by atoms with Crippen LogP contribution >= 0.6 is 23.5 Å². The van der Waals surface area contributed by atoms with E-state index >= 15 is 0 Å². The highest BCUT2D eigenvalue weighted by Gasteiger charge is 2.21. The van der Waals surface area contributed by atoms with Crippen LogP contribution in [0.3, 0.4) is 0 Å². The SMILES string of the molecule is CN1CCSC1=NC(N=C1SCCN1C)c1ccccc1. The lowest BCUT2D eigenvalue weighted by Gasteiger charge is -2.16. The Morgan fingerprint density at radius 1 is 0.905 bits per heavy atom. The van der Waals surface area contributed by atoms with Gasteiger partial charge in [0.05, 0.1) is 0 Å². The summed E-state index contributed by atoms with van der Waals surface area (Å²) in [6, 6.07) is 10.4. The summed E-state index contributed by atoms with van der Waals surface area (Å²) >= 11 is 3.64. The summed E-state index contributed by atoms with van der Waals surface area (Å²) in [6.45, 7) is 2.13. The first kappa shape index (κ1) is 14.8. The minimum Gasteiger partial charge on any atom is -0.354 e. The van der Waals surface area contributed by atoms with E-state index in [4.69, 9.17) is 9.98 Å². The second-order valence-electron chi connectivity index (χ2n) is 5.15. The van der Waals surface area contributed by atoms with E-state index < -0.39 is 0 Å². The molecule has 0 saturated carbocycles. The van der Waals surface area contributed by atoms with Gasteiger partial charge in [-0.3, -0.25) is 0 Å². The molecular weight excluding hydrogens is 300 g/mol. The molecule has 0 amide bonds. The zero-order valence-electron chi connectivity index (χ0n) is 12.4. The third-order valence-corrected chi connectivity index (χ3v) is 5.66. The molecule has 0 spiro atoms. The highest BCUT2D eigenvalue weighted by atomic mass is 32.2. The maximum Gasteiger partial charge on any atom is 0.170 e. The Bertz CT molecular complexity index is 514. The minimum atomic E-state index is -0.141. The molecule has 112 valence electrons. The van der Waals surface area contributed by atoms with Crippen LogP contribution in [0.5, 0.6) is 0 Å². The molecule has 21 heavy (non-hydrogen) atoms. The number of thioether (sulfide) groups is 2. The van der Waals surface area contributed by atoms with Crippen LogP contribution in [0.4, 0.5) is 0 Å². The quantitative estimate of drug-likeness (QED) is 0.857. The monoisotopic (exact) mass is 320 g/mol. The highest BCUT2D eigenvalue weighted by Crippen LogP contribution is 2.27. The zero-order chi connectivity index (χ0) is 14.7. The van der Waals surface area contributed by atoms with Crippen molar-refractivity contribution >= 4 is 33.9 Å². The van der Waals surface area contributed by atoms with Crippen LogP contribution < -0.4 is 0 Å². The summed E-state index contributed by atoms with van der Waals surface area (Å²) in [5, 5.41) is 2.19. The molecule has 0 aliphatic carbocycles. The summed E-state index contributed by atoms with van der Waals surface area (Å²) in [5.74, 6) is 2.23. The van der Waals surface area contributed by atoms with Gasteiger partial charge in [0.15, 0.2) is 16.5 Å². The van der Waals surface area contributed by atoms with Crippen molar-refractivity contribution in [3.63, 3.8) is 0 Å². The minimum absolute atomic E-state index is 0.141. The van der Waals surface area contributed by atoms with Crippen LogP contribution in [0.25, 0.3) is 0 Å². The molecule has 0 atom stereocenters. The van der Waals surface area contributed by atoms with Gasteiger partial charge >= 0.3 is 0 Å². The van der Waals surface area contributed by atoms with Gasteiger partial charge in [-0.25, -0.2) is 9.98 Å². The average Bonchev–Trinajstić information content (AvgIpc) is 3.09. The van der Waals surface area contributed by atoms with Crippen molar-refractivity contribution in [3.05, 3.63) is 35.9 Å². The Morgan fingerprint density at radius 3 is 1.86 bits per heavy atom. The van der Waals surface area contributed by atoms with Crippen LogP contribution in [-0.4, -0.2) is 58.8 Å². The molecule has 2 aliphatic rings. The van der Waals surface area contributed by atoms with Gasteiger partial charge in [-0.1, -0.05) is 53.9 Å². The summed E-state index contributed by atoms with van der Waals surface area (Å²) < 4.78 is 0. The van der Waals surface area contributed by atoms with Crippen molar-refractivity contribution in [3.8, 4) is 0 Å². The van der Waals surface area contributed by atoms with Crippen LogP contribution in [0.1, 0.15) is 11.7 Å². The molecule has 1 aromatic rings. The fourth-order valence-electron chi connectivity index (χ4n) is 2.24. The van der Waals surface area contributed by atoms with E-state index in [-0.39, 0.29) is 6.17 Å². The van der Waals surface area contributed by atoms with E-state index in [9.17, 15) is 0 Å². The molecular formula is C15H20N4S2. The lowest BCUT2D eigenvalue weighted by molar-refractivity contribution is 0.546. The Kier molecular flexibility index (Phi) is 4.75. The average molecular weight is 320 g/mol.